The van der Waals surface area contributed by atoms with Gasteiger partial charge in [-0.2, -0.15) is 13.2 Å². The van der Waals surface area contributed by atoms with E-state index in [1.165, 1.54) is 18.2 Å². The van der Waals surface area contributed by atoms with Crippen LogP contribution in [0.5, 0.6) is 0 Å². The number of carbonyl (C=O) groups excluding carboxylic acids is 3. The number of halogens is 3. The summed E-state index contributed by atoms with van der Waals surface area (Å²) in [7, 11) is 1.76. The molecule has 2 aromatic carbocycles. The maximum absolute atomic E-state index is 14.2. The summed E-state index contributed by atoms with van der Waals surface area (Å²) in [4.78, 5) is 41.3. The van der Waals surface area contributed by atoms with Crippen LogP contribution in [0.1, 0.15) is 16.7 Å². The first-order valence-corrected chi connectivity index (χ1v) is 11.6. The normalized spacial score (nSPS) is 16.5. The number of para-hydroxylation sites is 1. The van der Waals surface area contributed by atoms with Crippen LogP contribution in [0.3, 0.4) is 0 Å². The molecule has 0 spiro atoms. The Bertz CT molecular complexity index is 1490. The van der Waals surface area contributed by atoms with Crippen LogP contribution in [0.25, 0.3) is 22.0 Å². The molecule has 3 amide bonds. The number of alkyl halides is 3. The minimum atomic E-state index is -4.76. The number of carbonyl (C=O) groups is 3. The summed E-state index contributed by atoms with van der Waals surface area (Å²) in [5.41, 5.74) is -0.151. The molecule has 10 heteroatoms. The smallest absolute Gasteiger partial charge is 0.368 e. The van der Waals surface area contributed by atoms with Crippen molar-refractivity contribution in [3.63, 3.8) is 0 Å². The molecule has 5 rings (SSSR count). The quantitative estimate of drug-likeness (QED) is 0.432. The molecule has 0 aliphatic carbocycles. The topological polar surface area (TPSA) is 74.7 Å². The predicted molar refractivity (Wildman–Crippen MR) is 133 cm³/mol. The van der Waals surface area contributed by atoms with E-state index in [1.54, 1.807) is 34.8 Å². The molecule has 2 aliphatic heterocycles. The van der Waals surface area contributed by atoms with Gasteiger partial charge >= 0.3 is 6.18 Å². The fourth-order valence-electron chi connectivity index (χ4n) is 5.01. The minimum Gasteiger partial charge on any atom is -0.368 e. The number of anilines is 1. The first kappa shape index (κ1) is 24.4. The number of fused-ring (bicyclic) bond motifs is 1. The number of rotatable bonds is 4. The van der Waals surface area contributed by atoms with Crippen LogP contribution in [0.15, 0.2) is 61.3 Å². The van der Waals surface area contributed by atoms with Crippen LogP contribution < -0.4 is 10.2 Å². The number of amides is 3. The third-order valence-electron chi connectivity index (χ3n) is 6.81. The zero-order chi connectivity index (χ0) is 26.5. The molecule has 0 unspecified atom stereocenters. The van der Waals surface area contributed by atoms with Gasteiger partial charge in [0.2, 0.25) is 5.91 Å². The Morgan fingerprint density at radius 2 is 1.62 bits per heavy atom. The highest BCUT2D eigenvalue weighted by molar-refractivity contribution is 6.50. The molecular formula is C27H23F3N4O3. The van der Waals surface area contributed by atoms with E-state index in [2.05, 4.69) is 11.9 Å². The maximum atomic E-state index is 14.2. The number of hydrogen-bond acceptors (Lipinski definition) is 4. The van der Waals surface area contributed by atoms with Gasteiger partial charge in [0.15, 0.2) is 0 Å². The van der Waals surface area contributed by atoms with Gasteiger partial charge in [-0.3, -0.25) is 19.7 Å². The number of imide groups is 1. The molecule has 3 aromatic rings. The molecule has 1 aromatic heterocycles. The molecule has 3 heterocycles. The molecular weight excluding hydrogens is 485 g/mol. The van der Waals surface area contributed by atoms with Gasteiger partial charge in [0.05, 0.1) is 16.7 Å². The highest BCUT2D eigenvalue weighted by Gasteiger charge is 2.41. The number of nitrogens with zero attached hydrogens (tertiary/aromatic N) is 3. The Balaban J connectivity index is 1.66. The van der Waals surface area contributed by atoms with Gasteiger partial charge in [-0.05, 0) is 30.3 Å². The van der Waals surface area contributed by atoms with Crippen LogP contribution in [0, 0.1) is 0 Å². The monoisotopic (exact) mass is 508 g/mol. The number of benzene rings is 2. The SMILES string of the molecule is C=CC(=O)N1CCN(c2ccc(C(F)(F)F)c(C3=C(c4cn(C)c5ccccc45)C(=O)NC3=O)c2)CC1. The van der Waals surface area contributed by atoms with Crippen molar-refractivity contribution in [2.45, 2.75) is 6.18 Å². The number of piperazine rings is 1. The largest absolute Gasteiger partial charge is 0.417 e. The molecule has 37 heavy (non-hydrogen) atoms. The summed E-state index contributed by atoms with van der Waals surface area (Å²) in [6, 6.07) is 10.8. The zero-order valence-electron chi connectivity index (χ0n) is 19.9. The molecule has 1 N–H and O–H groups in total. The summed E-state index contributed by atoms with van der Waals surface area (Å²) in [6.45, 7) is 5.03. The van der Waals surface area contributed by atoms with E-state index in [-0.39, 0.29) is 22.6 Å². The van der Waals surface area contributed by atoms with Crippen molar-refractivity contribution >= 4 is 45.5 Å². The van der Waals surface area contributed by atoms with Gasteiger partial charge in [0, 0.05) is 67.1 Å². The fraction of sp³-hybridized carbons (Fsp3) is 0.222. The Labute approximate surface area is 210 Å². The predicted octanol–water partition coefficient (Wildman–Crippen LogP) is 3.60. The van der Waals surface area contributed by atoms with Crippen LogP contribution in [0.2, 0.25) is 0 Å². The zero-order valence-corrected chi connectivity index (χ0v) is 19.9. The van der Waals surface area contributed by atoms with Gasteiger partial charge in [0.1, 0.15) is 0 Å². The first-order valence-electron chi connectivity index (χ1n) is 11.6. The van der Waals surface area contributed by atoms with Crippen LogP contribution in [0.4, 0.5) is 18.9 Å². The highest BCUT2D eigenvalue weighted by atomic mass is 19.4. The Hall–Kier alpha value is -4.34. The van der Waals surface area contributed by atoms with E-state index in [0.29, 0.717) is 42.8 Å². The van der Waals surface area contributed by atoms with Crippen molar-refractivity contribution in [1.29, 1.82) is 0 Å². The molecule has 1 saturated heterocycles. The van der Waals surface area contributed by atoms with Crippen molar-refractivity contribution in [3.8, 4) is 0 Å². The second-order valence-corrected chi connectivity index (χ2v) is 8.95. The van der Waals surface area contributed by atoms with E-state index in [1.807, 2.05) is 17.0 Å². The lowest BCUT2D eigenvalue weighted by molar-refractivity contribution is -0.137. The van der Waals surface area contributed by atoms with E-state index < -0.39 is 23.6 Å². The number of hydrogen-bond donors (Lipinski definition) is 1. The summed E-state index contributed by atoms with van der Waals surface area (Å²) in [5, 5.41) is 2.84. The van der Waals surface area contributed by atoms with Gasteiger partial charge in [-0.25, -0.2) is 0 Å². The van der Waals surface area contributed by atoms with Gasteiger partial charge in [-0.15, -0.1) is 0 Å². The summed E-state index contributed by atoms with van der Waals surface area (Å²) >= 11 is 0. The number of nitrogens with one attached hydrogen (secondary N) is 1. The van der Waals surface area contributed by atoms with E-state index in [0.717, 1.165) is 11.6 Å². The first-order chi connectivity index (χ1) is 17.6. The summed E-state index contributed by atoms with van der Waals surface area (Å²) in [6.07, 6.45) is -1.89. The van der Waals surface area contributed by atoms with Crippen molar-refractivity contribution < 1.29 is 27.6 Å². The third kappa shape index (κ3) is 4.18. The second-order valence-electron chi connectivity index (χ2n) is 8.95. The molecule has 0 atom stereocenters. The van der Waals surface area contributed by atoms with Crippen LogP contribution in [-0.4, -0.2) is 53.4 Å². The lowest BCUT2D eigenvalue weighted by Gasteiger charge is -2.36. The third-order valence-corrected chi connectivity index (χ3v) is 6.81. The molecule has 1 fully saturated rings. The number of aromatic nitrogens is 1. The minimum absolute atomic E-state index is 0.0918. The van der Waals surface area contributed by atoms with Crippen molar-refractivity contribution in [3.05, 3.63) is 78.0 Å². The number of aryl methyl sites for hydroxylation is 1. The van der Waals surface area contributed by atoms with Crippen LogP contribution in [-0.2, 0) is 27.6 Å². The van der Waals surface area contributed by atoms with Gasteiger partial charge in [0.25, 0.3) is 11.8 Å². The Morgan fingerprint density at radius 3 is 2.27 bits per heavy atom. The maximum Gasteiger partial charge on any atom is 0.417 e. The molecule has 7 nitrogen and oxygen atoms in total. The van der Waals surface area contributed by atoms with Crippen molar-refractivity contribution in [2.75, 3.05) is 31.1 Å². The molecule has 2 aliphatic rings. The van der Waals surface area contributed by atoms with Crippen molar-refractivity contribution in [2.24, 2.45) is 7.05 Å². The lowest BCUT2D eigenvalue weighted by atomic mass is 9.92. The Kier molecular flexibility index (Phi) is 5.89. The van der Waals surface area contributed by atoms with Gasteiger partial charge < -0.3 is 14.4 Å². The summed E-state index contributed by atoms with van der Waals surface area (Å²) in [5.74, 6) is -1.83. The van der Waals surface area contributed by atoms with Crippen LogP contribution >= 0.6 is 0 Å². The molecule has 0 radical (unpaired) electrons. The highest BCUT2D eigenvalue weighted by Crippen LogP contribution is 2.42. The standard InChI is InChI=1S/C27H23F3N4O3/c1-3-22(35)34-12-10-33(11-13-34)16-8-9-20(27(28,29)30)18(14-16)23-24(26(37)31-25(23)36)19-15-32(2)21-7-5-4-6-17(19)21/h3-9,14-15H,1,10-13H2,2H3,(H,31,36,37). The molecule has 190 valence electrons. The van der Waals surface area contributed by atoms with Crippen molar-refractivity contribution in [1.82, 2.24) is 14.8 Å². The second kappa shape index (κ2) is 8.95. The summed E-state index contributed by atoms with van der Waals surface area (Å²) < 4.78 is 44.2. The van der Waals surface area contributed by atoms with E-state index >= 15 is 0 Å². The molecule has 0 saturated carbocycles. The van der Waals surface area contributed by atoms with Gasteiger partial charge in [-0.1, -0.05) is 24.8 Å². The average Bonchev–Trinajstić information content (AvgIpc) is 3.37. The van der Waals surface area contributed by atoms with E-state index in [9.17, 15) is 27.6 Å². The lowest BCUT2D eigenvalue weighted by Crippen LogP contribution is -2.48. The Morgan fingerprint density at radius 1 is 0.973 bits per heavy atom. The molecule has 0 bridgehead atoms. The fourth-order valence-corrected chi connectivity index (χ4v) is 5.01. The van der Waals surface area contributed by atoms with E-state index in [4.69, 9.17) is 0 Å². The average molecular weight is 509 g/mol.